The molecule has 0 atom stereocenters. The summed E-state index contributed by atoms with van der Waals surface area (Å²) >= 11 is 0. The van der Waals surface area contributed by atoms with Crippen molar-refractivity contribution in [3.05, 3.63) is 46.1 Å². The minimum atomic E-state index is -0.471. The van der Waals surface area contributed by atoms with Gasteiger partial charge in [-0.15, -0.1) is 0 Å². The topological polar surface area (TPSA) is 82.8 Å². The van der Waals surface area contributed by atoms with E-state index in [0.717, 1.165) is 0 Å². The molecule has 0 N–H and O–H groups in total. The minimum absolute atomic E-state index is 0.252. The zero-order valence-corrected chi connectivity index (χ0v) is 13.3. The van der Waals surface area contributed by atoms with Crippen LogP contribution in [0.25, 0.3) is 21.9 Å². The van der Waals surface area contributed by atoms with E-state index < -0.39 is 11.9 Å². The lowest BCUT2D eigenvalue weighted by molar-refractivity contribution is -0.132. The average Bonchev–Trinajstić information content (AvgIpc) is 2.49. The molecule has 0 radical (unpaired) electrons. The van der Waals surface area contributed by atoms with E-state index in [1.54, 1.807) is 25.1 Å². The SMILES string of the molecule is CC(=O)Oc1ccc2oc3cc(OC(C)=O)c(C)cc3c(=O)c2c1. The van der Waals surface area contributed by atoms with Gasteiger partial charge in [0.25, 0.3) is 0 Å². The Bertz CT molecular complexity index is 1040. The molecule has 0 spiro atoms. The quantitative estimate of drug-likeness (QED) is 0.409. The zero-order chi connectivity index (χ0) is 17.4. The van der Waals surface area contributed by atoms with E-state index in [1.165, 1.54) is 26.0 Å². The van der Waals surface area contributed by atoms with E-state index in [0.29, 0.717) is 33.3 Å². The summed E-state index contributed by atoms with van der Waals surface area (Å²) < 4.78 is 15.8. The number of hydrogen-bond acceptors (Lipinski definition) is 6. The molecule has 2 aromatic carbocycles. The smallest absolute Gasteiger partial charge is 0.308 e. The normalized spacial score (nSPS) is 10.8. The first-order valence-electron chi connectivity index (χ1n) is 7.23. The van der Waals surface area contributed by atoms with E-state index in [9.17, 15) is 14.4 Å². The fourth-order valence-corrected chi connectivity index (χ4v) is 2.46. The molecule has 1 aromatic heterocycles. The maximum Gasteiger partial charge on any atom is 0.308 e. The van der Waals surface area contributed by atoms with Crippen molar-refractivity contribution in [3.63, 3.8) is 0 Å². The molecule has 0 amide bonds. The Kier molecular flexibility index (Phi) is 3.81. The molecule has 0 saturated heterocycles. The van der Waals surface area contributed by atoms with Gasteiger partial charge in [0.05, 0.1) is 10.8 Å². The van der Waals surface area contributed by atoms with Crippen LogP contribution >= 0.6 is 0 Å². The van der Waals surface area contributed by atoms with Crippen molar-refractivity contribution in [2.24, 2.45) is 0 Å². The van der Waals surface area contributed by atoms with Crippen LogP contribution in [0.4, 0.5) is 0 Å². The molecule has 122 valence electrons. The third kappa shape index (κ3) is 2.86. The van der Waals surface area contributed by atoms with E-state index in [2.05, 4.69) is 0 Å². The predicted molar refractivity (Wildman–Crippen MR) is 87.3 cm³/mol. The first-order chi connectivity index (χ1) is 11.3. The summed E-state index contributed by atoms with van der Waals surface area (Å²) in [6.45, 7) is 4.32. The number of rotatable bonds is 2. The van der Waals surface area contributed by atoms with E-state index in [1.807, 2.05) is 0 Å². The summed E-state index contributed by atoms with van der Waals surface area (Å²) in [5.41, 5.74) is 1.05. The van der Waals surface area contributed by atoms with Gasteiger partial charge in [-0.2, -0.15) is 0 Å². The van der Waals surface area contributed by atoms with Gasteiger partial charge in [0, 0.05) is 19.9 Å². The fraction of sp³-hybridized carbons (Fsp3) is 0.167. The average molecular weight is 326 g/mol. The summed E-state index contributed by atoms with van der Waals surface area (Å²) in [4.78, 5) is 34.9. The first kappa shape index (κ1) is 15.7. The molecule has 0 fully saturated rings. The minimum Gasteiger partial charge on any atom is -0.456 e. The summed E-state index contributed by atoms with van der Waals surface area (Å²) in [5, 5.41) is 0.664. The molecular weight excluding hydrogens is 312 g/mol. The Balaban J connectivity index is 2.25. The number of benzene rings is 2. The van der Waals surface area contributed by atoms with Crippen LogP contribution in [-0.2, 0) is 9.59 Å². The van der Waals surface area contributed by atoms with Gasteiger partial charge in [0.2, 0.25) is 5.43 Å². The molecule has 0 bridgehead atoms. The van der Waals surface area contributed by atoms with Gasteiger partial charge in [-0.05, 0) is 36.8 Å². The van der Waals surface area contributed by atoms with Crippen LogP contribution in [-0.4, -0.2) is 11.9 Å². The Hall–Kier alpha value is -3.15. The molecule has 0 aliphatic carbocycles. The van der Waals surface area contributed by atoms with E-state index in [4.69, 9.17) is 13.9 Å². The Morgan fingerprint density at radius 1 is 0.917 bits per heavy atom. The Morgan fingerprint density at radius 3 is 2.25 bits per heavy atom. The van der Waals surface area contributed by atoms with E-state index in [-0.39, 0.29) is 11.2 Å². The highest BCUT2D eigenvalue weighted by Gasteiger charge is 2.13. The van der Waals surface area contributed by atoms with Crippen molar-refractivity contribution in [2.45, 2.75) is 20.8 Å². The van der Waals surface area contributed by atoms with Crippen LogP contribution in [0.5, 0.6) is 11.5 Å². The highest BCUT2D eigenvalue weighted by molar-refractivity contribution is 5.92. The lowest BCUT2D eigenvalue weighted by Gasteiger charge is -2.08. The molecule has 1 heterocycles. The third-order valence-corrected chi connectivity index (χ3v) is 3.45. The van der Waals surface area contributed by atoms with Gasteiger partial charge in [0.15, 0.2) is 0 Å². The first-order valence-corrected chi connectivity index (χ1v) is 7.23. The van der Waals surface area contributed by atoms with Gasteiger partial charge < -0.3 is 13.9 Å². The number of fused-ring (bicyclic) bond motifs is 2. The van der Waals surface area contributed by atoms with Crippen molar-refractivity contribution in [1.29, 1.82) is 0 Å². The maximum atomic E-state index is 12.7. The van der Waals surface area contributed by atoms with Gasteiger partial charge in [-0.1, -0.05) is 0 Å². The number of aryl methyl sites for hydroxylation is 1. The molecule has 3 rings (SSSR count). The molecule has 0 aliphatic rings. The summed E-state index contributed by atoms with van der Waals surface area (Å²) in [5.74, 6) is -0.308. The van der Waals surface area contributed by atoms with Crippen molar-refractivity contribution in [2.75, 3.05) is 0 Å². The molecule has 6 heteroatoms. The second-order valence-electron chi connectivity index (χ2n) is 5.39. The number of carbonyl (C=O) groups excluding carboxylic acids is 2. The largest absolute Gasteiger partial charge is 0.456 e. The second kappa shape index (κ2) is 5.81. The van der Waals surface area contributed by atoms with Crippen LogP contribution in [0.2, 0.25) is 0 Å². The van der Waals surface area contributed by atoms with Crippen molar-refractivity contribution >= 4 is 33.9 Å². The van der Waals surface area contributed by atoms with Gasteiger partial charge >= 0.3 is 11.9 Å². The highest BCUT2D eigenvalue weighted by atomic mass is 16.5. The molecule has 0 saturated carbocycles. The van der Waals surface area contributed by atoms with E-state index >= 15 is 0 Å². The predicted octanol–water partition coefficient (Wildman–Crippen LogP) is 3.11. The van der Waals surface area contributed by atoms with Crippen molar-refractivity contribution in [3.8, 4) is 11.5 Å². The molecule has 24 heavy (non-hydrogen) atoms. The third-order valence-electron chi connectivity index (χ3n) is 3.45. The summed E-state index contributed by atoms with van der Waals surface area (Å²) in [7, 11) is 0. The summed E-state index contributed by atoms with van der Waals surface area (Å²) in [6.07, 6.45) is 0. The van der Waals surface area contributed by atoms with Crippen molar-refractivity contribution < 1.29 is 23.5 Å². The zero-order valence-electron chi connectivity index (χ0n) is 13.3. The Labute approximate surface area is 136 Å². The van der Waals surface area contributed by atoms with Gasteiger partial charge in [-0.25, -0.2) is 0 Å². The van der Waals surface area contributed by atoms with Gasteiger partial charge in [0.1, 0.15) is 22.7 Å². The van der Waals surface area contributed by atoms with Crippen molar-refractivity contribution in [1.82, 2.24) is 0 Å². The Morgan fingerprint density at radius 2 is 1.58 bits per heavy atom. The maximum absolute atomic E-state index is 12.7. The monoisotopic (exact) mass is 326 g/mol. The second-order valence-corrected chi connectivity index (χ2v) is 5.39. The summed E-state index contributed by atoms with van der Waals surface area (Å²) in [6, 6.07) is 7.70. The standard InChI is InChI=1S/C18H14O6/c1-9-6-13-17(8-16(9)23-11(3)20)24-15-5-4-12(22-10(2)19)7-14(15)18(13)21/h4-8H,1-3H3. The fourth-order valence-electron chi connectivity index (χ4n) is 2.46. The van der Waals surface area contributed by atoms with Gasteiger partial charge in [-0.3, -0.25) is 14.4 Å². The number of ether oxygens (including phenoxy) is 2. The van der Waals surface area contributed by atoms with Crippen LogP contribution < -0.4 is 14.9 Å². The number of esters is 2. The molecule has 0 aliphatic heterocycles. The molecule has 0 unspecified atom stereocenters. The molecular formula is C18H14O6. The van der Waals surface area contributed by atoms with Crippen LogP contribution in [0.15, 0.2) is 39.5 Å². The lowest BCUT2D eigenvalue weighted by Crippen LogP contribution is -2.07. The van der Waals surface area contributed by atoms with Crippen LogP contribution in [0, 0.1) is 6.92 Å². The lowest BCUT2D eigenvalue weighted by atomic mass is 10.1. The number of carbonyl (C=O) groups is 2. The highest BCUT2D eigenvalue weighted by Crippen LogP contribution is 2.28. The molecule has 6 nitrogen and oxygen atoms in total. The number of hydrogen-bond donors (Lipinski definition) is 0. The van der Waals surface area contributed by atoms with Crippen LogP contribution in [0.3, 0.4) is 0 Å². The van der Waals surface area contributed by atoms with Crippen LogP contribution in [0.1, 0.15) is 19.4 Å². The molecule has 3 aromatic rings.